The van der Waals surface area contributed by atoms with Crippen molar-refractivity contribution in [3.8, 4) is 11.8 Å². The van der Waals surface area contributed by atoms with Gasteiger partial charge in [-0.15, -0.1) is 0 Å². The molecule has 0 saturated carbocycles. The number of nitrogens with one attached hydrogen (secondary N) is 2. The van der Waals surface area contributed by atoms with Crippen LogP contribution in [0.3, 0.4) is 0 Å². The third-order valence-corrected chi connectivity index (χ3v) is 4.74. The van der Waals surface area contributed by atoms with Gasteiger partial charge in [0.25, 0.3) is 0 Å². The molecule has 0 spiro atoms. The van der Waals surface area contributed by atoms with E-state index in [4.69, 9.17) is 10.00 Å². The lowest BCUT2D eigenvalue weighted by Gasteiger charge is -2.38. The normalized spacial score (nSPS) is 17.2. The number of nitrogens with zero attached hydrogens (tertiary/aromatic N) is 4. The Hall–Kier alpha value is -2.92. The van der Waals surface area contributed by atoms with Gasteiger partial charge in [0.1, 0.15) is 18.8 Å². The highest BCUT2D eigenvalue weighted by atomic mass is 19.1. The second kappa shape index (κ2) is 7.14. The number of halogens is 1. The fourth-order valence-corrected chi connectivity index (χ4v) is 3.43. The van der Waals surface area contributed by atoms with Crippen LogP contribution in [-0.2, 0) is 0 Å². The number of ether oxygens (including phenoxy) is 1. The van der Waals surface area contributed by atoms with Crippen LogP contribution in [0, 0.1) is 17.1 Å². The summed E-state index contributed by atoms with van der Waals surface area (Å²) in [6, 6.07) is 6.60. The van der Waals surface area contributed by atoms with E-state index in [0.717, 1.165) is 38.3 Å². The average molecular weight is 354 g/mol. The molecule has 2 aromatic rings. The Morgan fingerprint density at radius 1 is 1.31 bits per heavy atom. The zero-order chi connectivity index (χ0) is 17.9. The molecule has 0 unspecified atom stereocenters. The zero-order valence-electron chi connectivity index (χ0n) is 14.2. The van der Waals surface area contributed by atoms with Crippen LogP contribution in [0.2, 0.25) is 0 Å². The number of benzene rings is 1. The average Bonchev–Trinajstić information content (AvgIpc) is 2.70. The first-order valence-electron chi connectivity index (χ1n) is 8.68. The van der Waals surface area contributed by atoms with Gasteiger partial charge in [0.2, 0.25) is 5.75 Å². The Balaban J connectivity index is 1.64. The maximum atomic E-state index is 14.2. The second-order valence-corrected chi connectivity index (χ2v) is 6.33. The van der Waals surface area contributed by atoms with Crippen LogP contribution in [0.4, 0.5) is 21.7 Å². The molecule has 134 valence electrons. The van der Waals surface area contributed by atoms with Crippen molar-refractivity contribution in [3.63, 3.8) is 0 Å². The number of anilines is 3. The van der Waals surface area contributed by atoms with Crippen molar-refractivity contribution in [3.05, 3.63) is 35.9 Å². The molecule has 1 aromatic carbocycles. The molecule has 0 bridgehead atoms. The SMILES string of the molecule is N#Cc1ccc(Nc2ncnc3c2OCCN3C2CCNCC2)c(F)c1. The van der Waals surface area contributed by atoms with Gasteiger partial charge in [-0.05, 0) is 44.1 Å². The molecule has 1 fully saturated rings. The van der Waals surface area contributed by atoms with E-state index in [0.29, 0.717) is 24.2 Å². The van der Waals surface area contributed by atoms with Crippen molar-refractivity contribution in [2.24, 2.45) is 0 Å². The summed E-state index contributed by atoms with van der Waals surface area (Å²) in [7, 11) is 0. The molecule has 7 nitrogen and oxygen atoms in total. The lowest BCUT2D eigenvalue weighted by atomic mass is 10.0. The first kappa shape index (κ1) is 16.5. The fraction of sp³-hybridized carbons (Fsp3) is 0.389. The highest BCUT2D eigenvalue weighted by Crippen LogP contribution is 2.38. The smallest absolute Gasteiger partial charge is 0.205 e. The van der Waals surface area contributed by atoms with Gasteiger partial charge < -0.3 is 20.3 Å². The van der Waals surface area contributed by atoms with E-state index in [-0.39, 0.29) is 11.3 Å². The van der Waals surface area contributed by atoms with Crippen molar-refractivity contribution in [2.45, 2.75) is 18.9 Å². The van der Waals surface area contributed by atoms with Crippen LogP contribution >= 0.6 is 0 Å². The van der Waals surface area contributed by atoms with Crippen LogP contribution in [0.5, 0.6) is 5.75 Å². The summed E-state index contributed by atoms with van der Waals surface area (Å²) >= 11 is 0. The third-order valence-electron chi connectivity index (χ3n) is 4.74. The Morgan fingerprint density at radius 3 is 2.92 bits per heavy atom. The first-order valence-corrected chi connectivity index (χ1v) is 8.68. The summed E-state index contributed by atoms with van der Waals surface area (Å²) in [5, 5.41) is 15.2. The summed E-state index contributed by atoms with van der Waals surface area (Å²) in [4.78, 5) is 10.9. The van der Waals surface area contributed by atoms with Gasteiger partial charge in [-0.1, -0.05) is 0 Å². The summed E-state index contributed by atoms with van der Waals surface area (Å²) in [6.07, 6.45) is 3.57. The van der Waals surface area contributed by atoms with Crippen molar-refractivity contribution < 1.29 is 9.13 Å². The van der Waals surface area contributed by atoms with E-state index in [1.54, 1.807) is 6.07 Å². The van der Waals surface area contributed by atoms with Gasteiger partial charge in [0.05, 0.1) is 23.9 Å². The minimum Gasteiger partial charge on any atom is -0.485 e. The number of rotatable bonds is 3. The highest BCUT2D eigenvalue weighted by molar-refractivity contribution is 5.71. The molecule has 1 saturated heterocycles. The number of aromatic nitrogens is 2. The number of fused-ring (bicyclic) bond motifs is 1. The molecule has 0 aliphatic carbocycles. The predicted octanol–water partition coefficient (Wildman–Crippen LogP) is 2.18. The van der Waals surface area contributed by atoms with Crippen molar-refractivity contribution in [1.29, 1.82) is 5.26 Å². The second-order valence-electron chi connectivity index (χ2n) is 6.33. The van der Waals surface area contributed by atoms with E-state index in [1.807, 2.05) is 6.07 Å². The maximum Gasteiger partial charge on any atom is 0.205 e. The molecule has 4 rings (SSSR count). The number of piperidine rings is 1. The van der Waals surface area contributed by atoms with Crippen molar-refractivity contribution >= 4 is 17.3 Å². The molecular formula is C18H19FN6O. The fourth-order valence-electron chi connectivity index (χ4n) is 3.43. The number of nitriles is 1. The van der Waals surface area contributed by atoms with Gasteiger partial charge in [-0.25, -0.2) is 14.4 Å². The van der Waals surface area contributed by atoms with Gasteiger partial charge in [-0.2, -0.15) is 5.26 Å². The molecule has 26 heavy (non-hydrogen) atoms. The maximum absolute atomic E-state index is 14.2. The standard InChI is InChI=1S/C18H19FN6O/c19-14-9-12(10-20)1-2-15(14)24-17-16-18(23-11-22-17)25(7-8-26-16)13-3-5-21-6-4-13/h1-2,9,11,13,21H,3-8H2,(H,22,23,24). The Labute approximate surface area is 150 Å². The predicted molar refractivity (Wildman–Crippen MR) is 95.2 cm³/mol. The molecule has 2 N–H and O–H groups in total. The summed E-state index contributed by atoms with van der Waals surface area (Å²) < 4.78 is 20.0. The van der Waals surface area contributed by atoms with Crippen LogP contribution < -0.4 is 20.3 Å². The molecule has 0 amide bonds. The Morgan fingerprint density at radius 2 is 2.15 bits per heavy atom. The molecule has 2 aliphatic heterocycles. The van der Waals surface area contributed by atoms with E-state index >= 15 is 0 Å². The quantitative estimate of drug-likeness (QED) is 0.874. The minimum absolute atomic E-state index is 0.243. The first-order chi connectivity index (χ1) is 12.8. The van der Waals surface area contributed by atoms with E-state index < -0.39 is 5.82 Å². The van der Waals surface area contributed by atoms with Crippen LogP contribution in [0.25, 0.3) is 0 Å². The van der Waals surface area contributed by atoms with Crippen LogP contribution in [-0.4, -0.2) is 42.3 Å². The van der Waals surface area contributed by atoms with E-state index in [1.165, 1.54) is 18.5 Å². The van der Waals surface area contributed by atoms with Gasteiger partial charge >= 0.3 is 0 Å². The van der Waals surface area contributed by atoms with Gasteiger partial charge in [0, 0.05) is 6.04 Å². The highest BCUT2D eigenvalue weighted by Gasteiger charge is 2.30. The van der Waals surface area contributed by atoms with E-state index in [9.17, 15) is 4.39 Å². The van der Waals surface area contributed by atoms with Gasteiger partial charge in [-0.3, -0.25) is 0 Å². The van der Waals surface area contributed by atoms with E-state index in [2.05, 4.69) is 25.5 Å². The molecular weight excluding hydrogens is 335 g/mol. The topological polar surface area (TPSA) is 86.1 Å². The molecule has 8 heteroatoms. The lowest BCUT2D eigenvalue weighted by molar-refractivity contribution is 0.288. The van der Waals surface area contributed by atoms with Crippen LogP contribution in [0.1, 0.15) is 18.4 Å². The summed E-state index contributed by atoms with van der Waals surface area (Å²) in [5.74, 6) is 1.20. The van der Waals surface area contributed by atoms with Gasteiger partial charge in [0.15, 0.2) is 11.6 Å². The third kappa shape index (κ3) is 3.13. The summed E-state index contributed by atoms with van der Waals surface area (Å²) in [5.41, 5.74) is 0.513. The monoisotopic (exact) mass is 354 g/mol. The molecule has 2 aliphatic rings. The number of hydrogen-bond acceptors (Lipinski definition) is 7. The van der Waals surface area contributed by atoms with Crippen molar-refractivity contribution in [2.75, 3.05) is 36.5 Å². The molecule has 3 heterocycles. The lowest BCUT2D eigenvalue weighted by Crippen LogP contribution is -2.47. The number of hydrogen-bond donors (Lipinski definition) is 2. The van der Waals surface area contributed by atoms with Crippen molar-refractivity contribution in [1.82, 2.24) is 15.3 Å². The Bertz CT molecular complexity index is 846. The van der Waals surface area contributed by atoms with Crippen LogP contribution in [0.15, 0.2) is 24.5 Å². The summed E-state index contributed by atoms with van der Waals surface area (Å²) in [6.45, 7) is 3.29. The minimum atomic E-state index is -0.512. The molecule has 0 radical (unpaired) electrons. The zero-order valence-corrected chi connectivity index (χ0v) is 14.2. The largest absolute Gasteiger partial charge is 0.485 e. The Kier molecular flexibility index (Phi) is 4.54. The molecule has 1 aromatic heterocycles. The molecule has 0 atom stereocenters.